The molecule has 0 amide bonds. The van der Waals surface area contributed by atoms with Crippen LogP contribution in [0.5, 0.6) is 5.75 Å². The molecular weight excluding hydrogens is 236 g/mol. The van der Waals surface area contributed by atoms with Crippen LogP contribution in [0.4, 0.5) is 0 Å². The number of ether oxygens (including phenoxy) is 1. The Balaban J connectivity index is 2.15. The minimum absolute atomic E-state index is 0.406. The fourth-order valence-electron chi connectivity index (χ4n) is 2.22. The first-order valence-electron chi connectivity index (χ1n) is 6.00. The van der Waals surface area contributed by atoms with Gasteiger partial charge in [0.15, 0.2) is 0 Å². The number of halogens is 1. The topological polar surface area (TPSA) is 24.5 Å². The maximum Gasteiger partial charge on any atom is 0.137 e. The number of piperazine rings is 1. The van der Waals surface area contributed by atoms with Crippen LogP contribution in [0.25, 0.3) is 0 Å². The number of rotatable bonds is 3. The molecule has 1 saturated heterocycles. The largest absolute Gasteiger partial charge is 0.495 e. The van der Waals surface area contributed by atoms with E-state index in [0.29, 0.717) is 11.1 Å². The molecule has 4 heteroatoms. The predicted octanol–water partition coefficient (Wildman–Crippen LogP) is 2.31. The van der Waals surface area contributed by atoms with E-state index < -0.39 is 0 Å². The van der Waals surface area contributed by atoms with Gasteiger partial charge < -0.3 is 10.1 Å². The van der Waals surface area contributed by atoms with E-state index in [1.54, 1.807) is 7.11 Å². The quantitative estimate of drug-likeness (QED) is 0.896. The minimum atomic E-state index is 0.406. The average molecular weight is 255 g/mol. The Labute approximate surface area is 108 Å². The summed E-state index contributed by atoms with van der Waals surface area (Å²) in [6.07, 6.45) is 0. The van der Waals surface area contributed by atoms with Gasteiger partial charge in [0.1, 0.15) is 5.75 Å². The third kappa shape index (κ3) is 2.92. The molecule has 1 aliphatic rings. The molecule has 1 aromatic carbocycles. The SMILES string of the molecule is COc1cc([C@H](C)N2CCNCC2)ccc1Cl. The van der Waals surface area contributed by atoms with E-state index in [1.165, 1.54) is 5.56 Å². The summed E-state index contributed by atoms with van der Waals surface area (Å²) in [5.74, 6) is 0.756. The van der Waals surface area contributed by atoms with Crippen molar-refractivity contribution in [2.24, 2.45) is 0 Å². The summed E-state index contributed by atoms with van der Waals surface area (Å²) in [4.78, 5) is 2.47. The van der Waals surface area contributed by atoms with Crippen LogP contribution < -0.4 is 10.1 Å². The van der Waals surface area contributed by atoms with Crippen molar-refractivity contribution < 1.29 is 4.74 Å². The Kier molecular flexibility index (Phi) is 4.26. The van der Waals surface area contributed by atoms with E-state index in [1.807, 2.05) is 12.1 Å². The molecular formula is C13H19ClN2O. The highest BCUT2D eigenvalue weighted by atomic mass is 35.5. The van der Waals surface area contributed by atoms with Crippen LogP contribution in [0.15, 0.2) is 18.2 Å². The maximum absolute atomic E-state index is 6.04. The Bertz CT molecular complexity index is 378. The minimum Gasteiger partial charge on any atom is -0.495 e. The third-order valence-corrected chi connectivity index (χ3v) is 3.67. The standard InChI is InChI=1S/C13H19ClN2O/c1-10(16-7-5-15-6-8-16)11-3-4-12(14)13(9-11)17-2/h3-4,9-10,15H,5-8H2,1-2H3/t10-/m0/s1. The van der Waals surface area contributed by atoms with Crippen molar-refractivity contribution in [3.05, 3.63) is 28.8 Å². The van der Waals surface area contributed by atoms with Crippen LogP contribution in [-0.4, -0.2) is 38.2 Å². The van der Waals surface area contributed by atoms with Gasteiger partial charge in [-0.2, -0.15) is 0 Å². The lowest BCUT2D eigenvalue weighted by molar-refractivity contribution is 0.185. The summed E-state index contributed by atoms with van der Waals surface area (Å²) in [7, 11) is 1.65. The summed E-state index contributed by atoms with van der Waals surface area (Å²) in [6, 6.07) is 6.43. The fraction of sp³-hybridized carbons (Fsp3) is 0.538. The van der Waals surface area contributed by atoms with Gasteiger partial charge in [-0.1, -0.05) is 17.7 Å². The van der Waals surface area contributed by atoms with Gasteiger partial charge in [-0.05, 0) is 24.6 Å². The molecule has 0 aromatic heterocycles. The fourth-order valence-corrected chi connectivity index (χ4v) is 2.41. The van der Waals surface area contributed by atoms with Crippen LogP contribution in [0.2, 0.25) is 5.02 Å². The van der Waals surface area contributed by atoms with E-state index in [4.69, 9.17) is 16.3 Å². The normalized spacial score (nSPS) is 19.0. The van der Waals surface area contributed by atoms with E-state index in [-0.39, 0.29) is 0 Å². The van der Waals surface area contributed by atoms with E-state index in [9.17, 15) is 0 Å². The Morgan fingerprint density at radius 3 is 2.71 bits per heavy atom. The highest BCUT2D eigenvalue weighted by Gasteiger charge is 2.18. The molecule has 1 fully saturated rings. The van der Waals surface area contributed by atoms with Gasteiger partial charge in [0.25, 0.3) is 0 Å². The lowest BCUT2D eigenvalue weighted by atomic mass is 10.1. The van der Waals surface area contributed by atoms with Crippen LogP contribution in [0.3, 0.4) is 0 Å². The van der Waals surface area contributed by atoms with Crippen molar-refractivity contribution in [2.75, 3.05) is 33.3 Å². The summed E-state index contributed by atoms with van der Waals surface area (Å²) in [5.41, 5.74) is 1.26. The van der Waals surface area contributed by atoms with E-state index in [0.717, 1.165) is 31.9 Å². The van der Waals surface area contributed by atoms with Crippen molar-refractivity contribution in [3.63, 3.8) is 0 Å². The molecule has 94 valence electrons. The van der Waals surface area contributed by atoms with Gasteiger partial charge in [-0.15, -0.1) is 0 Å². The molecule has 2 rings (SSSR count). The van der Waals surface area contributed by atoms with Gasteiger partial charge in [0.05, 0.1) is 12.1 Å². The second kappa shape index (κ2) is 5.71. The smallest absolute Gasteiger partial charge is 0.137 e. The summed E-state index contributed by atoms with van der Waals surface area (Å²) in [6.45, 7) is 6.54. The van der Waals surface area contributed by atoms with Crippen molar-refractivity contribution in [2.45, 2.75) is 13.0 Å². The lowest BCUT2D eigenvalue weighted by Crippen LogP contribution is -2.44. The van der Waals surface area contributed by atoms with Crippen LogP contribution in [0, 0.1) is 0 Å². The Hall–Kier alpha value is -0.770. The Morgan fingerprint density at radius 2 is 2.06 bits per heavy atom. The Morgan fingerprint density at radius 1 is 1.35 bits per heavy atom. The molecule has 3 nitrogen and oxygen atoms in total. The number of methoxy groups -OCH3 is 1. The van der Waals surface area contributed by atoms with Crippen LogP contribution in [0.1, 0.15) is 18.5 Å². The van der Waals surface area contributed by atoms with Gasteiger partial charge in [-0.3, -0.25) is 4.90 Å². The van der Waals surface area contributed by atoms with Crippen LogP contribution >= 0.6 is 11.6 Å². The van der Waals surface area contributed by atoms with E-state index in [2.05, 4.69) is 23.2 Å². The van der Waals surface area contributed by atoms with Crippen molar-refractivity contribution in [3.8, 4) is 5.75 Å². The van der Waals surface area contributed by atoms with Crippen LogP contribution in [-0.2, 0) is 0 Å². The van der Waals surface area contributed by atoms with Crippen molar-refractivity contribution >= 4 is 11.6 Å². The molecule has 1 N–H and O–H groups in total. The van der Waals surface area contributed by atoms with Gasteiger partial charge in [-0.25, -0.2) is 0 Å². The first-order valence-corrected chi connectivity index (χ1v) is 6.38. The zero-order valence-corrected chi connectivity index (χ0v) is 11.1. The van der Waals surface area contributed by atoms with Crippen molar-refractivity contribution in [1.29, 1.82) is 0 Å². The first-order chi connectivity index (χ1) is 8.22. The molecule has 0 unspecified atom stereocenters. The molecule has 1 atom stereocenters. The molecule has 1 aromatic rings. The molecule has 0 bridgehead atoms. The predicted molar refractivity (Wildman–Crippen MR) is 70.9 cm³/mol. The summed E-state index contributed by atoms with van der Waals surface area (Å²) >= 11 is 6.04. The molecule has 0 saturated carbocycles. The molecule has 1 heterocycles. The average Bonchev–Trinajstić information content (AvgIpc) is 2.39. The molecule has 0 spiro atoms. The molecule has 0 aliphatic carbocycles. The number of hydrogen-bond donors (Lipinski definition) is 1. The molecule has 1 aliphatic heterocycles. The number of nitrogens with one attached hydrogen (secondary N) is 1. The summed E-state index contributed by atoms with van der Waals surface area (Å²) < 4.78 is 5.26. The lowest BCUT2D eigenvalue weighted by Gasteiger charge is -2.33. The zero-order valence-electron chi connectivity index (χ0n) is 10.4. The van der Waals surface area contributed by atoms with Crippen molar-refractivity contribution in [1.82, 2.24) is 10.2 Å². The first kappa shape index (κ1) is 12.7. The zero-order chi connectivity index (χ0) is 12.3. The maximum atomic E-state index is 6.04. The highest BCUT2D eigenvalue weighted by Crippen LogP contribution is 2.29. The second-order valence-corrected chi connectivity index (χ2v) is 4.76. The van der Waals surface area contributed by atoms with Gasteiger partial charge in [0, 0.05) is 32.2 Å². The van der Waals surface area contributed by atoms with E-state index >= 15 is 0 Å². The summed E-state index contributed by atoms with van der Waals surface area (Å²) in [5, 5.41) is 4.04. The van der Waals surface area contributed by atoms with Gasteiger partial charge >= 0.3 is 0 Å². The van der Waals surface area contributed by atoms with Gasteiger partial charge in [0.2, 0.25) is 0 Å². The third-order valence-electron chi connectivity index (χ3n) is 3.36. The number of hydrogen-bond acceptors (Lipinski definition) is 3. The molecule has 0 radical (unpaired) electrons. The molecule has 17 heavy (non-hydrogen) atoms. The number of benzene rings is 1. The monoisotopic (exact) mass is 254 g/mol. The second-order valence-electron chi connectivity index (χ2n) is 4.36. The number of nitrogens with zero attached hydrogens (tertiary/aromatic N) is 1. The highest BCUT2D eigenvalue weighted by molar-refractivity contribution is 6.32.